The number of aromatic nitrogens is 2. The molecule has 0 aliphatic carbocycles. The maximum absolute atomic E-state index is 11.5. The molecule has 1 aromatic carbocycles. The van der Waals surface area contributed by atoms with Crippen molar-refractivity contribution >= 4 is 5.97 Å². The molecule has 104 valence electrons. The normalized spacial score (nSPS) is 10.2. The molecule has 1 aromatic heterocycles. The number of carbonyl (C=O) groups is 1. The van der Waals surface area contributed by atoms with E-state index in [1.165, 1.54) is 6.07 Å². The summed E-state index contributed by atoms with van der Waals surface area (Å²) in [5.74, 6) is -0.429. The summed E-state index contributed by atoms with van der Waals surface area (Å²) in [5.41, 5.74) is 0.848. The number of aromatic amines is 1. The average molecular weight is 274 g/mol. The Balaban J connectivity index is 2.48. The van der Waals surface area contributed by atoms with E-state index < -0.39 is 11.5 Å². The van der Waals surface area contributed by atoms with Gasteiger partial charge in [0.1, 0.15) is 5.75 Å². The number of hydrogen-bond acceptors (Lipinski definition) is 4. The summed E-state index contributed by atoms with van der Waals surface area (Å²) in [6.45, 7) is 2.37. The lowest BCUT2D eigenvalue weighted by atomic mass is 10.1. The van der Waals surface area contributed by atoms with Crippen molar-refractivity contribution in [3.05, 3.63) is 46.2 Å². The van der Waals surface area contributed by atoms with Crippen LogP contribution in [0.4, 0.5) is 0 Å². The highest BCUT2D eigenvalue weighted by molar-refractivity contribution is 5.72. The minimum absolute atomic E-state index is 0.161. The van der Waals surface area contributed by atoms with Crippen LogP contribution in [0.1, 0.15) is 12.5 Å². The van der Waals surface area contributed by atoms with E-state index in [0.29, 0.717) is 23.6 Å². The quantitative estimate of drug-likeness (QED) is 0.861. The fourth-order valence-corrected chi connectivity index (χ4v) is 1.84. The van der Waals surface area contributed by atoms with Crippen molar-refractivity contribution in [3.8, 4) is 17.0 Å². The van der Waals surface area contributed by atoms with Crippen LogP contribution in [0.2, 0.25) is 0 Å². The zero-order chi connectivity index (χ0) is 14.5. The van der Waals surface area contributed by atoms with Gasteiger partial charge in [-0.3, -0.25) is 9.59 Å². The first kappa shape index (κ1) is 13.8. The molecule has 1 heterocycles. The second-order valence-electron chi connectivity index (χ2n) is 4.11. The van der Waals surface area contributed by atoms with Gasteiger partial charge in [0.05, 0.1) is 18.7 Å². The Bertz CT molecular complexity index is 679. The highest BCUT2D eigenvalue weighted by Gasteiger charge is 2.11. The van der Waals surface area contributed by atoms with E-state index in [4.69, 9.17) is 9.84 Å². The molecule has 0 bridgehead atoms. The van der Waals surface area contributed by atoms with Crippen molar-refractivity contribution in [1.82, 2.24) is 10.2 Å². The van der Waals surface area contributed by atoms with Crippen molar-refractivity contribution < 1.29 is 14.6 Å². The fraction of sp³-hybridized carbons (Fsp3) is 0.214. The van der Waals surface area contributed by atoms with Gasteiger partial charge in [0.2, 0.25) is 0 Å². The number of hydrogen-bond donors (Lipinski definition) is 2. The second kappa shape index (κ2) is 6.01. The van der Waals surface area contributed by atoms with E-state index in [-0.39, 0.29) is 12.0 Å². The van der Waals surface area contributed by atoms with Crippen molar-refractivity contribution in [1.29, 1.82) is 0 Å². The van der Waals surface area contributed by atoms with Gasteiger partial charge in [0.15, 0.2) is 0 Å². The number of rotatable bonds is 5. The number of ether oxygens (including phenoxy) is 1. The van der Waals surface area contributed by atoms with Crippen LogP contribution < -0.4 is 10.3 Å². The number of nitrogens with zero attached hydrogens (tertiary/aromatic N) is 1. The average Bonchev–Trinajstić information content (AvgIpc) is 2.42. The van der Waals surface area contributed by atoms with Gasteiger partial charge >= 0.3 is 5.97 Å². The Labute approximate surface area is 115 Å². The summed E-state index contributed by atoms with van der Waals surface area (Å²) in [6.07, 6.45) is -0.346. The third-order valence-electron chi connectivity index (χ3n) is 2.69. The van der Waals surface area contributed by atoms with Crippen LogP contribution in [-0.4, -0.2) is 27.9 Å². The first-order chi connectivity index (χ1) is 9.61. The third-order valence-corrected chi connectivity index (χ3v) is 2.69. The van der Waals surface area contributed by atoms with Crippen molar-refractivity contribution in [2.75, 3.05) is 6.61 Å². The lowest BCUT2D eigenvalue weighted by Gasteiger charge is -2.09. The second-order valence-corrected chi connectivity index (χ2v) is 4.11. The molecule has 0 fully saturated rings. The van der Waals surface area contributed by atoms with Crippen LogP contribution in [0, 0.1) is 0 Å². The molecule has 0 amide bonds. The van der Waals surface area contributed by atoms with E-state index >= 15 is 0 Å². The lowest BCUT2D eigenvalue weighted by molar-refractivity contribution is -0.136. The minimum Gasteiger partial charge on any atom is -0.493 e. The van der Waals surface area contributed by atoms with Crippen LogP contribution in [0.15, 0.2) is 35.1 Å². The van der Waals surface area contributed by atoms with Gasteiger partial charge in [0.25, 0.3) is 5.56 Å². The maximum Gasteiger partial charge on any atom is 0.308 e. The van der Waals surface area contributed by atoms with Crippen LogP contribution in [-0.2, 0) is 11.2 Å². The summed E-state index contributed by atoms with van der Waals surface area (Å²) in [4.78, 5) is 22.3. The summed E-state index contributed by atoms with van der Waals surface area (Å²) >= 11 is 0. The molecule has 2 N–H and O–H groups in total. The third kappa shape index (κ3) is 3.03. The number of nitrogens with one attached hydrogen (secondary N) is 1. The van der Waals surface area contributed by atoms with Crippen LogP contribution in [0.25, 0.3) is 11.3 Å². The number of carboxylic acids is 1. The number of carboxylic acid groups (broad SMARTS) is 1. The van der Waals surface area contributed by atoms with E-state index in [1.807, 2.05) is 19.1 Å². The van der Waals surface area contributed by atoms with Gasteiger partial charge in [-0.25, -0.2) is 5.10 Å². The van der Waals surface area contributed by atoms with Gasteiger partial charge in [-0.2, -0.15) is 5.10 Å². The van der Waals surface area contributed by atoms with E-state index in [0.717, 1.165) is 0 Å². The molecular weight excluding hydrogens is 260 g/mol. The Morgan fingerprint density at radius 2 is 2.15 bits per heavy atom. The van der Waals surface area contributed by atoms with Crippen LogP contribution in [0.5, 0.6) is 5.75 Å². The van der Waals surface area contributed by atoms with Crippen molar-refractivity contribution in [2.45, 2.75) is 13.3 Å². The largest absolute Gasteiger partial charge is 0.493 e. The summed E-state index contributed by atoms with van der Waals surface area (Å²) in [5, 5.41) is 15.1. The van der Waals surface area contributed by atoms with E-state index in [2.05, 4.69) is 10.2 Å². The molecule has 6 nitrogen and oxygen atoms in total. The molecule has 0 aliphatic heterocycles. The molecule has 0 unspecified atom stereocenters. The van der Waals surface area contributed by atoms with Gasteiger partial charge in [0, 0.05) is 11.1 Å². The Kier molecular flexibility index (Phi) is 4.14. The van der Waals surface area contributed by atoms with Gasteiger partial charge in [-0.05, 0) is 25.1 Å². The topological polar surface area (TPSA) is 92.3 Å². The summed E-state index contributed by atoms with van der Waals surface area (Å²) < 4.78 is 5.49. The molecule has 0 saturated carbocycles. The lowest BCUT2D eigenvalue weighted by Crippen LogP contribution is -2.17. The molecule has 2 aromatic rings. The molecular formula is C14H14N2O4. The van der Waals surface area contributed by atoms with Crippen molar-refractivity contribution in [2.24, 2.45) is 0 Å². The molecule has 0 spiro atoms. The van der Waals surface area contributed by atoms with E-state index in [9.17, 15) is 9.59 Å². The zero-order valence-electron chi connectivity index (χ0n) is 10.9. The molecule has 2 rings (SSSR count). The van der Waals surface area contributed by atoms with Gasteiger partial charge < -0.3 is 9.84 Å². The predicted octanol–water partition coefficient (Wildman–Crippen LogP) is 1.46. The van der Waals surface area contributed by atoms with E-state index in [1.54, 1.807) is 12.1 Å². The zero-order valence-corrected chi connectivity index (χ0v) is 10.9. The highest BCUT2D eigenvalue weighted by Crippen LogP contribution is 2.27. The standard InChI is InChI=1S/C14H14N2O4/c1-2-20-12-6-4-3-5-10(12)11-7-9(8-13(17)18)14(19)16-15-11/h3-7H,2,8H2,1H3,(H,16,19)(H,17,18). The van der Waals surface area contributed by atoms with Crippen LogP contribution in [0.3, 0.4) is 0 Å². The minimum atomic E-state index is -1.06. The number of benzene rings is 1. The smallest absolute Gasteiger partial charge is 0.308 e. The number of aliphatic carboxylic acids is 1. The summed E-state index contributed by atoms with van der Waals surface area (Å²) in [6, 6.07) is 8.73. The molecule has 0 radical (unpaired) electrons. The van der Waals surface area contributed by atoms with Crippen molar-refractivity contribution in [3.63, 3.8) is 0 Å². The molecule has 0 saturated heterocycles. The molecule has 0 atom stereocenters. The van der Waals surface area contributed by atoms with Gasteiger partial charge in [-0.1, -0.05) is 12.1 Å². The molecule has 20 heavy (non-hydrogen) atoms. The summed E-state index contributed by atoms with van der Waals surface area (Å²) in [7, 11) is 0. The Morgan fingerprint density at radius 1 is 1.40 bits per heavy atom. The SMILES string of the molecule is CCOc1ccccc1-c1cc(CC(=O)O)c(=O)[nH]n1. The molecule has 0 aliphatic rings. The Hall–Kier alpha value is -2.63. The predicted molar refractivity (Wildman–Crippen MR) is 72.8 cm³/mol. The molecule has 6 heteroatoms. The Morgan fingerprint density at radius 3 is 2.85 bits per heavy atom. The highest BCUT2D eigenvalue weighted by atomic mass is 16.5. The fourth-order valence-electron chi connectivity index (χ4n) is 1.84. The number of H-pyrrole nitrogens is 1. The number of para-hydroxylation sites is 1. The van der Waals surface area contributed by atoms with Gasteiger partial charge in [-0.15, -0.1) is 0 Å². The first-order valence-electron chi connectivity index (χ1n) is 6.14. The monoisotopic (exact) mass is 274 g/mol. The first-order valence-corrected chi connectivity index (χ1v) is 6.14. The maximum atomic E-state index is 11.5. The van der Waals surface area contributed by atoms with Crippen LogP contribution >= 0.6 is 0 Å².